The van der Waals surface area contributed by atoms with Crippen LogP contribution in [0.1, 0.15) is 45.4 Å². The van der Waals surface area contributed by atoms with E-state index in [1.807, 2.05) is 0 Å². The van der Waals surface area contributed by atoms with Crippen LogP contribution < -0.4 is 5.73 Å². The van der Waals surface area contributed by atoms with E-state index < -0.39 is 0 Å². The van der Waals surface area contributed by atoms with Crippen molar-refractivity contribution in [3.05, 3.63) is 0 Å². The summed E-state index contributed by atoms with van der Waals surface area (Å²) in [5.41, 5.74) is 5.34. The van der Waals surface area contributed by atoms with Gasteiger partial charge in [0.25, 0.3) is 0 Å². The van der Waals surface area contributed by atoms with Crippen molar-refractivity contribution in [1.29, 1.82) is 0 Å². The Hall–Kier alpha value is 0.315. The average molecular weight is 177 g/mol. The molecule has 0 amide bonds. The Morgan fingerprint density at radius 1 is 0.909 bits per heavy atom. The lowest BCUT2D eigenvalue weighted by Gasteiger charge is -1.96. The third-order valence-electron chi connectivity index (χ3n) is 1.56. The van der Waals surface area contributed by atoms with Gasteiger partial charge in [-0.15, -0.1) is 12.4 Å². The van der Waals surface area contributed by atoms with Crippen LogP contribution in [0.25, 0.3) is 0 Å². The predicted molar refractivity (Wildman–Crippen MR) is 55.4 cm³/mol. The summed E-state index contributed by atoms with van der Waals surface area (Å²) in [5.74, 6) is 0. The maximum absolute atomic E-state index is 5.34. The lowest BCUT2D eigenvalue weighted by atomic mass is 10.1. The highest BCUT2D eigenvalue weighted by molar-refractivity contribution is 5.85. The van der Waals surface area contributed by atoms with Gasteiger partial charge in [0.2, 0.25) is 0 Å². The summed E-state index contributed by atoms with van der Waals surface area (Å²) < 4.78 is 0. The molecule has 0 saturated heterocycles. The molecule has 3 radical (unpaired) electrons. The third-order valence-corrected chi connectivity index (χ3v) is 1.56. The van der Waals surface area contributed by atoms with Crippen LogP contribution in [0.5, 0.6) is 0 Å². The number of rotatable bonds is 6. The summed E-state index contributed by atoms with van der Waals surface area (Å²) in [6.07, 6.45) is 8.05. The monoisotopic (exact) mass is 176 g/mol. The molecule has 0 aliphatic heterocycles. The van der Waals surface area contributed by atoms with Crippen LogP contribution in [0, 0.1) is 0 Å². The Kier molecular flexibility index (Phi) is 26.5. The van der Waals surface area contributed by atoms with Crippen molar-refractivity contribution in [2.24, 2.45) is 5.73 Å². The Labute approximate surface area is 79.1 Å². The van der Waals surface area contributed by atoms with E-state index in [-0.39, 0.29) is 20.8 Å². The van der Waals surface area contributed by atoms with Crippen LogP contribution >= 0.6 is 12.4 Å². The Bertz CT molecular complexity index is 47.4. The maximum Gasteiger partial charge on any atom is 0 e. The molecular formula is C8H20BClN. The number of unbranched alkanes of at least 4 members (excludes halogenated alkanes) is 5. The molecule has 0 bridgehead atoms. The van der Waals surface area contributed by atoms with Crippen LogP contribution in [-0.2, 0) is 0 Å². The number of hydrogen-bond donors (Lipinski definition) is 1. The van der Waals surface area contributed by atoms with E-state index in [1.165, 1.54) is 38.5 Å². The molecule has 2 N–H and O–H groups in total. The molecule has 0 aliphatic carbocycles. The second-order valence-corrected chi connectivity index (χ2v) is 2.56. The van der Waals surface area contributed by atoms with Crippen molar-refractivity contribution in [3.63, 3.8) is 0 Å². The fourth-order valence-corrected chi connectivity index (χ4v) is 0.925. The highest BCUT2D eigenvalue weighted by atomic mass is 35.5. The van der Waals surface area contributed by atoms with Gasteiger partial charge in [0, 0.05) is 8.41 Å². The molecular weight excluding hydrogens is 156 g/mol. The van der Waals surface area contributed by atoms with E-state index in [0.717, 1.165) is 6.54 Å². The summed E-state index contributed by atoms with van der Waals surface area (Å²) in [6.45, 7) is 3.11. The maximum atomic E-state index is 5.34. The minimum atomic E-state index is 0. The van der Waals surface area contributed by atoms with Gasteiger partial charge in [-0.05, 0) is 13.0 Å². The van der Waals surface area contributed by atoms with Gasteiger partial charge in [-0.1, -0.05) is 39.0 Å². The van der Waals surface area contributed by atoms with Crippen molar-refractivity contribution >= 4 is 20.8 Å². The molecule has 0 aromatic heterocycles. The van der Waals surface area contributed by atoms with Crippen molar-refractivity contribution < 1.29 is 0 Å². The zero-order valence-corrected chi connectivity index (χ0v) is 8.33. The first-order valence-electron chi connectivity index (χ1n) is 4.12. The molecule has 0 saturated carbocycles. The highest BCUT2D eigenvalue weighted by Gasteiger charge is 1.85. The lowest BCUT2D eigenvalue weighted by Crippen LogP contribution is -1.97. The van der Waals surface area contributed by atoms with Crippen LogP contribution in [0.15, 0.2) is 0 Å². The summed E-state index contributed by atoms with van der Waals surface area (Å²) in [5, 5.41) is 0. The van der Waals surface area contributed by atoms with E-state index in [4.69, 9.17) is 5.73 Å². The van der Waals surface area contributed by atoms with E-state index in [0.29, 0.717) is 0 Å². The molecule has 0 atom stereocenters. The second-order valence-electron chi connectivity index (χ2n) is 2.56. The van der Waals surface area contributed by atoms with Gasteiger partial charge in [0.05, 0.1) is 0 Å². The van der Waals surface area contributed by atoms with Crippen LogP contribution in [0.3, 0.4) is 0 Å². The first-order chi connectivity index (χ1) is 4.41. The van der Waals surface area contributed by atoms with Gasteiger partial charge < -0.3 is 5.73 Å². The minimum Gasteiger partial charge on any atom is -0.330 e. The molecule has 0 spiro atoms. The van der Waals surface area contributed by atoms with Gasteiger partial charge in [0.15, 0.2) is 0 Å². The minimum absolute atomic E-state index is 0. The molecule has 67 valence electrons. The van der Waals surface area contributed by atoms with E-state index in [9.17, 15) is 0 Å². The van der Waals surface area contributed by atoms with Gasteiger partial charge in [0.1, 0.15) is 0 Å². The van der Waals surface area contributed by atoms with Gasteiger partial charge in [-0.25, -0.2) is 0 Å². The van der Waals surface area contributed by atoms with Crippen molar-refractivity contribution in [2.75, 3.05) is 6.54 Å². The largest absolute Gasteiger partial charge is 0.330 e. The van der Waals surface area contributed by atoms with E-state index in [2.05, 4.69) is 6.92 Å². The molecule has 3 heteroatoms. The summed E-state index contributed by atoms with van der Waals surface area (Å²) in [7, 11) is 0. The quantitative estimate of drug-likeness (QED) is 0.488. The first kappa shape index (κ1) is 17.4. The average Bonchev–Trinajstić information content (AvgIpc) is 1.89. The second kappa shape index (κ2) is 16.7. The molecule has 0 fully saturated rings. The van der Waals surface area contributed by atoms with Gasteiger partial charge in [-0.2, -0.15) is 0 Å². The fourth-order valence-electron chi connectivity index (χ4n) is 0.925. The Balaban J connectivity index is -0.000000320. The van der Waals surface area contributed by atoms with Crippen LogP contribution in [0.2, 0.25) is 0 Å². The Morgan fingerprint density at radius 3 is 1.82 bits per heavy atom. The number of nitrogens with two attached hydrogens (primary N) is 1. The lowest BCUT2D eigenvalue weighted by molar-refractivity contribution is 0.612. The first-order valence-corrected chi connectivity index (χ1v) is 4.12. The van der Waals surface area contributed by atoms with Crippen molar-refractivity contribution in [3.8, 4) is 0 Å². The van der Waals surface area contributed by atoms with E-state index >= 15 is 0 Å². The van der Waals surface area contributed by atoms with Crippen LogP contribution in [-0.4, -0.2) is 15.0 Å². The zero-order chi connectivity index (χ0) is 6.95. The number of halogens is 1. The van der Waals surface area contributed by atoms with Crippen molar-refractivity contribution in [1.82, 2.24) is 0 Å². The SMILES string of the molecule is CCCCCCCCN.Cl.[B]. The standard InChI is InChI=1S/C8H19N.B.ClH/c1-2-3-4-5-6-7-8-9;;/h2-9H2,1H3;;1H. The molecule has 0 unspecified atom stereocenters. The van der Waals surface area contributed by atoms with Gasteiger partial charge in [-0.3, -0.25) is 0 Å². The Morgan fingerprint density at radius 2 is 1.36 bits per heavy atom. The normalized spacial score (nSPS) is 8.18. The molecule has 0 aliphatic rings. The zero-order valence-electron chi connectivity index (χ0n) is 7.51. The molecule has 1 nitrogen and oxygen atoms in total. The summed E-state index contributed by atoms with van der Waals surface area (Å²) >= 11 is 0. The van der Waals surface area contributed by atoms with E-state index in [1.54, 1.807) is 0 Å². The van der Waals surface area contributed by atoms with Crippen molar-refractivity contribution in [2.45, 2.75) is 45.4 Å². The predicted octanol–water partition coefficient (Wildman–Crippen LogP) is 2.35. The number of hydrogen-bond acceptors (Lipinski definition) is 1. The molecule has 0 aromatic rings. The molecule has 11 heavy (non-hydrogen) atoms. The third kappa shape index (κ3) is 17.9. The summed E-state index contributed by atoms with van der Waals surface area (Å²) in [6, 6.07) is 0. The topological polar surface area (TPSA) is 26.0 Å². The summed E-state index contributed by atoms with van der Waals surface area (Å²) in [4.78, 5) is 0. The van der Waals surface area contributed by atoms with Crippen LogP contribution in [0.4, 0.5) is 0 Å². The molecule has 0 aromatic carbocycles. The fraction of sp³-hybridized carbons (Fsp3) is 1.00. The smallest absolute Gasteiger partial charge is 0 e. The van der Waals surface area contributed by atoms with Gasteiger partial charge >= 0.3 is 0 Å². The molecule has 0 rings (SSSR count). The molecule has 0 heterocycles. The highest BCUT2D eigenvalue weighted by Crippen LogP contribution is 2.03.